The maximum Gasteiger partial charge on any atom is 0.0241 e. The van der Waals surface area contributed by atoms with Crippen molar-refractivity contribution in [2.24, 2.45) is 17.1 Å². The first-order valence-corrected chi connectivity index (χ1v) is 3.77. The number of hydrogen-bond acceptors (Lipinski definition) is 1. The molecule has 2 N–H and O–H groups in total. The van der Waals surface area contributed by atoms with Gasteiger partial charge < -0.3 is 5.73 Å². The minimum Gasteiger partial charge on any atom is -0.327 e. The van der Waals surface area contributed by atoms with Crippen LogP contribution in [-0.4, -0.2) is 6.04 Å². The maximum atomic E-state index is 5.82. The third-order valence-corrected chi connectivity index (χ3v) is 2.46. The van der Waals surface area contributed by atoms with E-state index in [0.29, 0.717) is 11.3 Å². The van der Waals surface area contributed by atoms with Crippen molar-refractivity contribution >= 4 is 0 Å². The molecular weight excluding hydrogens is 122 g/mol. The molecule has 1 heteroatoms. The number of nitrogens with two attached hydrogens (primary N) is 1. The van der Waals surface area contributed by atoms with Gasteiger partial charge in [-0.1, -0.05) is 13.8 Å². The molecule has 1 saturated carbocycles. The first kappa shape index (κ1) is 7.63. The third-order valence-electron chi connectivity index (χ3n) is 2.46. The second-order valence-corrected chi connectivity index (χ2v) is 3.87. The monoisotopic (exact) mass is 137 g/mol. The van der Waals surface area contributed by atoms with Crippen LogP contribution in [0.4, 0.5) is 0 Å². The van der Waals surface area contributed by atoms with Gasteiger partial charge in [-0.05, 0) is 17.8 Å². The summed E-state index contributed by atoms with van der Waals surface area (Å²) in [5, 5.41) is 0. The van der Waals surface area contributed by atoms with E-state index in [1.165, 1.54) is 6.42 Å². The van der Waals surface area contributed by atoms with Crippen LogP contribution in [0.3, 0.4) is 0 Å². The maximum absolute atomic E-state index is 5.82. The predicted molar refractivity (Wildman–Crippen MR) is 43.3 cm³/mol. The van der Waals surface area contributed by atoms with Gasteiger partial charge in [0, 0.05) is 12.5 Å². The first-order chi connectivity index (χ1) is 4.58. The molecule has 0 saturated heterocycles. The summed E-state index contributed by atoms with van der Waals surface area (Å²) >= 11 is 0. The van der Waals surface area contributed by atoms with Gasteiger partial charge in [0.25, 0.3) is 0 Å². The minimum absolute atomic E-state index is 0.236. The van der Waals surface area contributed by atoms with E-state index in [-0.39, 0.29) is 6.04 Å². The Bertz CT molecular complexity index is 164. The van der Waals surface area contributed by atoms with Gasteiger partial charge in [-0.15, -0.1) is 12.3 Å². The van der Waals surface area contributed by atoms with E-state index in [0.717, 1.165) is 6.42 Å². The lowest BCUT2D eigenvalue weighted by molar-refractivity contribution is 0.484. The van der Waals surface area contributed by atoms with Crippen molar-refractivity contribution in [3.63, 3.8) is 0 Å². The summed E-state index contributed by atoms with van der Waals surface area (Å²) in [6.07, 6.45) is 7.13. The highest BCUT2D eigenvalue weighted by Gasteiger charge is 2.48. The highest BCUT2D eigenvalue weighted by atomic mass is 14.7. The molecule has 0 amide bonds. The second kappa shape index (κ2) is 2.29. The van der Waals surface area contributed by atoms with Crippen molar-refractivity contribution in [3.05, 3.63) is 0 Å². The molecule has 2 atom stereocenters. The van der Waals surface area contributed by atoms with Gasteiger partial charge in [0.05, 0.1) is 0 Å². The normalized spacial score (nSPS) is 30.8. The summed E-state index contributed by atoms with van der Waals surface area (Å²) in [6.45, 7) is 4.49. The van der Waals surface area contributed by atoms with E-state index in [9.17, 15) is 0 Å². The molecule has 1 aliphatic carbocycles. The van der Waals surface area contributed by atoms with Gasteiger partial charge in [-0.3, -0.25) is 0 Å². The Morgan fingerprint density at radius 2 is 2.30 bits per heavy atom. The molecule has 0 aromatic rings. The largest absolute Gasteiger partial charge is 0.327 e. The Balaban J connectivity index is 2.34. The van der Waals surface area contributed by atoms with Crippen LogP contribution in [0, 0.1) is 23.7 Å². The lowest BCUT2D eigenvalue weighted by Crippen LogP contribution is -2.23. The molecule has 1 rings (SSSR count). The van der Waals surface area contributed by atoms with Crippen molar-refractivity contribution in [2.75, 3.05) is 0 Å². The summed E-state index contributed by atoms with van der Waals surface area (Å²) in [4.78, 5) is 0. The molecule has 56 valence electrons. The van der Waals surface area contributed by atoms with Gasteiger partial charge >= 0.3 is 0 Å². The van der Waals surface area contributed by atoms with Gasteiger partial charge in [0.15, 0.2) is 0 Å². The molecule has 0 radical (unpaired) electrons. The fourth-order valence-electron chi connectivity index (χ4n) is 1.52. The summed E-state index contributed by atoms with van der Waals surface area (Å²) in [7, 11) is 0. The van der Waals surface area contributed by atoms with Crippen molar-refractivity contribution in [1.29, 1.82) is 0 Å². The van der Waals surface area contributed by atoms with Gasteiger partial charge in [-0.25, -0.2) is 0 Å². The second-order valence-electron chi connectivity index (χ2n) is 3.87. The topological polar surface area (TPSA) is 26.0 Å². The molecule has 1 nitrogen and oxygen atoms in total. The van der Waals surface area contributed by atoms with E-state index in [4.69, 9.17) is 12.2 Å². The van der Waals surface area contributed by atoms with Crippen LogP contribution >= 0.6 is 0 Å². The predicted octanol–water partition coefficient (Wildman–Crippen LogP) is 1.38. The average Bonchev–Trinajstić information content (AvgIpc) is 2.41. The van der Waals surface area contributed by atoms with Crippen LogP contribution < -0.4 is 5.73 Å². The summed E-state index contributed by atoms with van der Waals surface area (Å²) in [6, 6.07) is 0.236. The smallest absolute Gasteiger partial charge is 0.0241 e. The van der Waals surface area contributed by atoms with Gasteiger partial charge in [0.1, 0.15) is 0 Å². The highest BCUT2D eigenvalue weighted by Crippen LogP contribution is 2.53. The van der Waals surface area contributed by atoms with Crippen molar-refractivity contribution in [3.8, 4) is 12.3 Å². The molecule has 0 spiro atoms. The molecule has 1 aliphatic rings. The third kappa shape index (κ3) is 1.33. The zero-order chi connectivity index (χ0) is 7.78. The average molecular weight is 137 g/mol. The van der Waals surface area contributed by atoms with E-state index >= 15 is 0 Å². The van der Waals surface area contributed by atoms with E-state index in [1.807, 2.05) is 0 Å². The standard InChI is InChI=1S/C9H15N/c1-4-5-8(10)7-6-9(7,2)3/h1,7-8H,5-6,10H2,2-3H3. The van der Waals surface area contributed by atoms with Crippen LogP contribution in [0.15, 0.2) is 0 Å². The lowest BCUT2D eigenvalue weighted by atomic mass is 10.0. The van der Waals surface area contributed by atoms with E-state index in [2.05, 4.69) is 19.8 Å². The Labute approximate surface area is 63.0 Å². The Morgan fingerprint density at radius 1 is 1.80 bits per heavy atom. The van der Waals surface area contributed by atoms with Crippen LogP contribution in [0.5, 0.6) is 0 Å². The van der Waals surface area contributed by atoms with E-state index in [1.54, 1.807) is 0 Å². The molecule has 1 fully saturated rings. The number of rotatable bonds is 2. The fourth-order valence-corrected chi connectivity index (χ4v) is 1.52. The van der Waals surface area contributed by atoms with Crippen LogP contribution in [0.25, 0.3) is 0 Å². The fraction of sp³-hybridized carbons (Fsp3) is 0.778. The van der Waals surface area contributed by atoms with Crippen molar-refractivity contribution in [2.45, 2.75) is 32.7 Å². The number of hydrogen-bond donors (Lipinski definition) is 1. The van der Waals surface area contributed by atoms with Crippen molar-refractivity contribution < 1.29 is 0 Å². The van der Waals surface area contributed by atoms with E-state index < -0.39 is 0 Å². The van der Waals surface area contributed by atoms with Crippen LogP contribution in [-0.2, 0) is 0 Å². The summed E-state index contributed by atoms with van der Waals surface area (Å²) < 4.78 is 0. The van der Waals surface area contributed by atoms with Crippen molar-refractivity contribution in [1.82, 2.24) is 0 Å². The minimum atomic E-state index is 0.236. The molecular formula is C9H15N. The Hall–Kier alpha value is -0.480. The highest BCUT2D eigenvalue weighted by molar-refractivity contribution is 5.04. The summed E-state index contributed by atoms with van der Waals surface area (Å²) in [5.41, 5.74) is 6.29. The lowest BCUT2D eigenvalue weighted by Gasteiger charge is -2.08. The molecule has 0 aromatic carbocycles. The first-order valence-electron chi connectivity index (χ1n) is 3.77. The summed E-state index contributed by atoms with van der Waals surface area (Å²) in [5.74, 6) is 3.27. The molecule has 0 bridgehead atoms. The molecule has 0 heterocycles. The van der Waals surface area contributed by atoms with Crippen LogP contribution in [0.1, 0.15) is 26.7 Å². The number of terminal acetylenes is 1. The van der Waals surface area contributed by atoms with Gasteiger partial charge in [-0.2, -0.15) is 0 Å². The SMILES string of the molecule is C#CCC(N)C1CC1(C)C. The van der Waals surface area contributed by atoms with Gasteiger partial charge in [0.2, 0.25) is 0 Å². The molecule has 10 heavy (non-hydrogen) atoms. The zero-order valence-corrected chi connectivity index (χ0v) is 6.72. The molecule has 2 unspecified atom stereocenters. The Kier molecular flexibility index (Phi) is 1.74. The molecule has 0 aliphatic heterocycles. The quantitative estimate of drug-likeness (QED) is 0.572. The zero-order valence-electron chi connectivity index (χ0n) is 6.72. The molecule has 0 aromatic heterocycles. The Morgan fingerprint density at radius 3 is 2.60 bits per heavy atom. The van der Waals surface area contributed by atoms with Crippen LogP contribution in [0.2, 0.25) is 0 Å².